The van der Waals surface area contributed by atoms with Crippen molar-refractivity contribution in [3.8, 4) is 23.3 Å². The summed E-state index contributed by atoms with van der Waals surface area (Å²) in [6.07, 6.45) is 9.23. The van der Waals surface area contributed by atoms with E-state index >= 15 is 0 Å². The molecular weight excluding hydrogens is 678 g/mol. The van der Waals surface area contributed by atoms with E-state index in [1.165, 1.54) is 4.52 Å². The lowest BCUT2D eigenvalue weighted by atomic mass is 9.70. The van der Waals surface area contributed by atoms with E-state index in [1.54, 1.807) is 0 Å². The first kappa shape index (κ1) is 40.9. The maximum absolute atomic E-state index is 14.5. The van der Waals surface area contributed by atoms with Gasteiger partial charge >= 0.3 is 24.0 Å². The predicted molar refractivity (Wildman–Crippen MR) is 198 cm³/mol. The Morgan fingerprint density at radius 1 is 0.943 bits per heavy atom. The number of aromatic amines is 1. The standard InChI is InChI=1S/C40H55N5O8/c1-8-11-14-27-17-25(4)20-30(21-27)36-42-37-34(39(48)52-35-28(15-12-9-2)18-26(5)19-29(35)16-13-10-3)31(22-41)38(45(37)43-36)53-40(49)44(23-32(46)50-6)24-33(47)51-7/h17,20-21,26,28-29,35H,8-16,18-19,23-24H2,1-7H3,(H,42,43). The first-order valence-electron chi connectivity index (χ1n) is 18.9. The Bertz CT molecular complexity index is 1750. The van der Waals surface area contributed by atoms with Crippen molar-refractivity contribution in [1.29, 1.82) is 5.26 Å². The number of unbranched alkanes of at least 4 members (excludes halogenated alkanes) is 3. The number of H-pyrrole nitrogens is 1. The Labute approximate surface area is 312 Å². The number of rotatable bonds is 17. The molecule has 1 saturated carbocycles. The molecule has 1 fully saturated rings. The summed E-state index contributed by atoms with van der Waals surface area (Å²) < 4.78 is 22.9. The highest BCUT2D eigenvalue weighted by molar-refractivity contribution is 6.01. The number of benzene rings is 1. The fraction of sp³-hybridized carbons (Fsp3) is 0.600. The topological polar surface area (TPSA) is 165 Å². The average Bonchev–Trinajstić information content (AvgIpc) is 3.69. The van der Waals surface area contributed by atoms with E-state index in [-0.39, 0.29) is 40.6 Å². The number of nitriles is 1. The summed E-state index contributed by atoms with van der Waals surface area (Å²) in [7, 11) is 2.29. The second-order valence-electron chi connectivity index (χ2n) is 14.3. The zero-order chi connectivity index (χ0) is 38.7. The van der Waals surface area contributed by atoms with E-state index in [2.05, 4.69) is 38.9 Å². The average molecular weight is 734 g/mol. The summed E-state index contributed by atoms with van der Waals surface area (Å²) in [6.45, 7) is 9.41. The normalized spacial score (nSPS) is 18.3. The lowest BCUT2D eigenvalue weighted by Crippen LogP contribution is -2.42. The second kappa shape index (κ2) is 19.3. The number of hydrogen-bond acceptors (Lipinski definition) is 10. The number of nitrogens with zero attached hydrogens (tertiary/aromatic N) is 4. The lowest BCUT2D eigenvalue weighted by Gasteiger charge is -2.40. The van der Waals surface area contributed by atoms with Crippen LogP contribution in [0.15, 0.2) is 18.2 Å². The first-order valence-corrected chi connectivity index (χ1v) is 18.9. The van der Waals surface area contributed by atoms with Crippen molar-refractivity contribution < 1.29 is 38.1 Å². The minimum absolute atomic E-state index is 0.0489. The van der Waals surface area contributed by atoms with Crippen LogP contribution in [0.25, 0.3) is 17.0 Å². The van der Waals surface area contributed by atoms with Gasteiger partial charge in [0, 0.05) is 5.56 Å². The molecule has 0 radical (unpaired) electrons. The molecule has 13 nitrogen and oxygen atoms in total. The van der Waals surface area contributed by atoms with Crippen molar-refractivity contribution in [2.45, 2.75) is 111 Å². The van der Waals surface area contributed by atoms with Crippen LogP contribution in [0, 0.1) is 36.0 Å². The highest BCUT2D eigenvalue weighted by Gasteiger charge is 2.40. The van der Waals surface area contributed by atoms with Crippen LogP contribution in [-0.2, 0) is 30.2 Å². The summed E-state index contributed by atoms with van der Waals surface area (Å²) in [5.41, 5.74) is 2.53. The fourth-order valence-corrected chi connectivity index (χ4v) is 7.46. The van der Waals surface area contributed by atoms with Gasteiger partial charge in [0.15, 0.2) is 11.5 Å². The van der Waals surface area contributed by atoms with Gasteiger partial charge in [0.05, 0.1) is 14.2 Å². The summed E-state index contributed by atoms with van der Waals surface area (Å²) in [5.74, 6) is -1.47. The van der Waals surface area contributed by atoms with Gasteiger partial charge in [0.25, 0.3) is 0 Å². The molecule has 1 aliphatic carbocycles. The number of amides is 1. The van der Waals surface area contributed by atoms with Gasteiger partial charge in [-0.1, -0.05) is 71.4 Å². The van der Waals surface area contributed by atoms with Crippen molar-refractivity contribution in [1.82, 2.24) is 19.5 Å². The van der Waals surface area contributed by atoms with Gasteiger partial charge < -0.3 is 18.9 Å². The van der Waals surface area contributed by atoms with E-state index in [1.807, 2.05) is 25.1 Å². The monoisotopic (exact) mass is 733 g/mol. The van der Waals surface area contributed by atoms with Gasteiger partial charge in [-0.25, -0.2) is 19.1 Å². The molecule has 0 saturated heterocycles. The number of esters is 3. The molecule has 1 aliphatic rings. The number of aromatic nitrogens is 3. The Hall–Kier alpha value is -4.86. The molecular formula is C40H55N5O8. The fourth-order valence-electron chi connectivity index (χ4n) is 7.46. The molecule has 1 aromatic carbocycles. The summed E-state index contributed by atoms with van der Waals surface area (Å²) in [6, 6.07) is 8.13. The number of hydrogen-bond donors (Lipinski definition) is 1. The van der Waals surface area contributed by atoms with Crippen LogP contribution in [-0.4, -0.2) is 76.9 Å². The number of carbonyl (C=O) groups is 4. The van der Waals surface area contributed by atoms with Crippen molar-refractivity contribution in [3.05, 3.63) is 40.5 Å². The number of aryl methyl sites for hydroxylation is 2. The molecule has 2 unspecified atom stereocenters. The molecule has 13 heteroatoms. The molecule has 0 bridgehead atoms. The SMILES string of the molecule is CCCCc1cc(C)cc(-c2nc3c(C(=O)OC4C(CCCC)CC(C)CC4CCCC)c(C#N)c(OC(=O)N(CC(=O)OC)CC(=O)OC)n3[nH]2)c1. The third-order valence-corrected chi connectivity index (χ3v) is 10.1. The molecule has 288 valence electrons. The Morgan fingerprint density at radius 3 is 2.09 bits per heavy atom. The quantitative estimate of drug-likeness (QED) is 0.108. The molecule has 3 aromatic rings. The van der Waals surface area contributed by atoms with E-state index in [0.29, 0.717) is 11.7 Å². The van der Waals surface area contributed by atoms with Gasteiger partial charge in [0.2, 0.25) is 5.88 Å². The van der Waals surface area contributed by atoms with Crippen LogP contribution in [0.3, 0.4) is 0 Å². The second-order valence-corrected chi connectivity index (χ2v) is 14.3. The third kappa shape index (κ3) is 10.2. The molecule has 4 rings (SSSR count). The van der Waals surface area contributed by atoms with Gasteiger partial charge in [-0.3, -0.25) is 19.6 Å². The van der Waals surface area contributed by atoms with Crippen molar-refractivity contribution in [2.75, 3.05) is 27.3 Å². The molecule has 2 aromatic heterocycles. The van der Waals surface area contributed by atoms with Crippen LogP contribution in [0.4, 0.5) is 4.79 Å². The molecule has 2 heterocycles. The third-order valence-electron chi connectivity index (χ3n) is 10.1. The van der Waals surface area contributed by atoms with Crippen LogP contribution in [0.1, 0.15) is 119 Å². The molecule has 2 atom stereocenters. The van der Waals surface area contributed by atoms with Crippen molar-refractivity contribution >= 4 is 29.6 Å². The van der Waals surface area contributed by atoms with Crippen LogP contribution < -0.4 is 4.74 Å². The highest BCUT2D eigenvalue weighted by Crippen LogP contribution is 2.41. The number of methoxy groups -OCH3 is 2. The van der Waals surface area contributed by atoms with E-state index < -0.39 is 37.1 Å². The highest BCUT2D eigenvalue weighted by atomic mass is 16.6. The zero-order valence-corrected chi connectivity index (χ0v) is 32.3. The molecule has 0 aliphatic heterocycles. The summed E-state index contributed by atoms with van der Waals surface area (Å²) >= 11 is 0. The molecule has 53 heavy (non-hydrogen) atoms. The van der Waals surface area contributed by atoms with Crippen LogP contribution >= 0.6 is 0 Å². The minimum atomic E-state index is -1.15. The van der Waals surface area contributed by atoms with Gasteiger partial charge in [-0.15, -0.1) is 0 Å². The number of nitrogens with one attached hydrogen (secondary N) is 1. The number of ether oxygens (including phenoxy) is 4. The largest absolute Gasteiger partial charge is 0.468 e. The smallest absolute Gasteiger partial charge is 0.417 e. The van der Waals surface area contributed by atoms with Crippen molar-refractivity contribution in [2.24, 2.45) is 17.8 Å². The molecule has 0 spiro atoms. The Kier molecular flexibility index (Phi) is 14.9. The lowest BCUT2D eigenvalue weighted by molar-refractivity contribution is -0.144. The number of fused-ring (bicyclic) bond motifs is 1. The van der Waals surface area contributed by atoms with Gasteiger partial charge in [0.1, 0.15) is 36.4 Å². The van der Waals surface area contributed by atoms with E-state index in [4.69, 9.17) is 23.9 Å². The van der Waals surface area contributed by atoms with Gasteiger partial charge in [-0.05, 0) is 80.9 Å². The Morgan fingerprint density at radius 2 is 1.55 bits per heavy atom. The van der Waals surface area contributed by atoms with E-state index in [9.17, 15) is 24.4 Å². The summed E-state index contributed by atoms with van der Waals surface area (Å²) in [5, 5.41) is 13.7. The first-order chi connectivity index (χ1) is 25.5. The zero-order valence-electron chi connectivity index (χ0n) is 32.3. The van der Waals surface area contributed by atoms with Crippen LogP contribution in [0.2, 0.25) is 0 Å². The molecule has 1 amide bonds. The van der Waals surface area contributed by atoms with Gasteiger partial charge in [-0.2, -0.15) is 5.26 Å². The maximum Gasteiger partial charge on any atom is 0.417 e. The predicted octanol–water partition coefficient (Wildman–Crippen LogP) is 7.57. The minimum Gasteiger partial charge on any atom is -0.468 e. The summed E-state index contributed by atoms with van der Waals surface area (Å²) in [4.78, 5) is 58.1. The van der Waals surface area contributed by atoms with E-state index in [0.717, 1.165) is 106 Å². The molecule has 1 N–H and O–H groups in total. The van der Waals surface area contributed by atoms with Crippen LogP contribution in [0.5, 0.6) is 5.88 Å². The number of carbonyl (C=O) groups excluding carboxylic acids is 4. The Balaban J connectivity index is 1.85. The maximum atomic E-state index is 14.5. The van der Waals surface area contributed by atoms with Crippen molar-refractivity contribution in [3.63, 3.8) is 0 Å².